The first-order valence-electron chi connectivity index (χ1n) is 7.60. The Kier molecular flexibility index (Phi) is 3.69. The molecule has 1 fully saturated rings. The van der Waals surface area contributed by atoms with Crippen LogP contribution in [0.25, 0.3) is 0 Å². The lowest BCUT2D eigenvalue weighted by Crippen LogP contribution is -2.33. The van der Waals surface area contributed by atoms with E-state index in [0.29, 0.717) is 10.6 Å². The highest BCUT2D eigenvalue weighted by atomic mass is 35.5. The monoisotopic (exact) mass is 371 g/mol. The third-order valence-corrected chi connectivity index (χ3v) is 4.59. The number of nitro groups is 1. The summed E-state index contributed by atoms with van der Waals surface area (Å²) in [6, 6.07) is 12.1. The topological polar surface area (TPSA) is 102 Å². The largest absolute Gasteiger partial charge is 0.381 e. The summed E-state index contributed by atoms with van der Waals surface area (Å²) in [5.41, 5.74) is 0.669. The summed E-state index contributed by atoms with van der Waals surface area (Å²) in [6.07, 6.45) is -1.10. The van der Waals surface area contributed by atoms with Crippen LogP contribution >= 0.6 is 11.6 Å². The molecule has 0 unspecified atom stereocenters. The standard InChI is InChI=1S/C17H10ClN3O5/c18-12-7-2-1-6-11(12)14-13-15(26-19-14)17(23)20(16(13)22)9-4-3-5-10(8-9)21(24)25/h1-8,13,15H/t13-,15-/m0/s1. The number of oxime groups is 1. The lowest BCUT2D eigenvalue weighted by Gasteiger charge is -2.15. The van der Waals surface area contributed by atoms with Crippen LogP contribution in [0.4, 0.5) is 11.4 Å². The molecule has 8 nitrogen and oxygen atoms in total. The van der Waals surface area contributed by atoms with E-state index >= 15 is 0 Å². The molecular weight excluding hydrogens is 362 g/mol. The van der Waals surface area contributed by atoms with E-state index < -0.39 is 28.8 Å². The van der Waals surface area contributed by atoms with Gasteiger partial charge in [0.15, 0.2) is 0 Å². The molecule has 0 radical (unpaired) electrons. The number of amides is 2. The number of fused-ring (bicyclic) bond motifs is 1. The van der Waals surface area contributed by atoms with Gasteiger partial charge in [0.25, 0.3) is 11.6 Å². The number of hydrogen-bond donors (Lipinski definition) is 0. The van der Waals surface area contributed by atoms with Gasteiger partial charge in [0, 0.05) is 22.7 Å². The number of nitrogens with zero attached hydrogens (tertiary/aromatic N) is 3. The average molecular weight is 372 g/mol. The third-order valence-electron chi connectivity index (χ3n) is 4.26. The van der Waals surface area contributed by atoms with Gasteiger partial charge in [0.2, 0.25) is 12.0 Å². The van der Waals surface area contributed by atoms with E-state index in [9.17, 15) is 19.7 Å². The van der Waals surface area contributed by atoms with Crippen LogP contribution in [0.3, 0.4) is 0 Å². The molecule has 9 heteroatoms. The highest BCUT2D eigenvalue weighted by Crippen LogP contribution is 2.37. The van der Waals surface area contributed by atoms with Crippen molar-refractivity contribution >= 4 is 40.5 Å². The minimum Gasteiger partial charge on any atom is -0.381 e. The normalized spacial score (nSPS) is 21.4. The van der Waals surface area contributed by atoms with Crippen LogP contribution in [0.15, 0.2) is 53.7 Å². The number of non-ortho nitro benzene ring substituents is 1. The van der Waals surface area contributed by atoms with Crippen LogP contribution in [-0.4, -0.2) is 28.6 Å². The minimum absolute atomic E-state index is 0.116. The zero-order chi connectivity index (χ0) is 18.4. The fraction of sp³-hybridized carbons (Fsp3) is 0.118. The zero-order valence-corrected chi connectivity index (χ0v) is 13.8. The van der Waals surface area contributed by atoms with Gasteiger partial charge >= 0.3 is 0 Å². The first-order valence-corrected chi connectivity index (χ1v) is 7.97. The molecule has 0 aromatic heterocycles. The number of hydrogen-bond acceptors (Lipinski definition) is 6. The van der Waals surface area contributed by atoms with Crippen molar-refractivity contribution in [3.8, 4) is 0 Å². The molecule has 4 rings (SSSR count). The van der Waals surface area contributed by atoms with Gasteiger partial charge in [0.1, 0.15) is 11.6 Å². The Morgan fingerprint density at radius 3 is 2.62 bits per heavy atom. The summed E-state index contributed by atoms with van der Waals surface area (Å²) in [5, 5.41) is 15.2. The highest BCUT2D eigenvalue weighted by molar-refractivity contribution is 6.38. The Balaban J connectivity index is 1.73. The summed E-state index contributed by atoms with van der Waals surface area (Å²) in [4.78, 5) is 42.0. The second-order valence-corrected chi connectivity index (χ2v) is 6.16. The van der Waals surface area contributed by atoms with Crippen LogP contribution in [0, 0.1) is 16.0 Å². The van der Waals surface area contributed by atoms with Crippen molar-refractivity contribution in [1.82, 2.24) is 0 Å². The Morgan fingerprint density at radius 2 is 1.88 bits per heavy atom. The number of nitro benzene ring substituents is 1. The first kappa shape index (κ1) is 16.2. The predicted molar refractivity (Wildman–Crippen MR) is 91.9 cm³/mol. The third kappa shape index (κ3) is 2.34. The SMILES string of the molecule is O=C1[C@H]2C(c3ccccc3Cl)=NO[C@@H]2C(=O)N1c1cccc([N+](=O)[O-])c1. The fourth-order valence-corrected chi connectivity index (χ4v) is 3.30. The Labute approximate surface area is 151 Å². The molecule has 2 aliphatic rings. The number of benzene rings is 2. The lowest BCUT2D eigenvalue weighted by molar-refractivity contribution is -0.384. The Hall–Kier alpha value is -3.26. The quantitative estimate of drug-likeness (QED) is 0.468. The number of carbonyl (C=O) groups excluding carboxylic acids is 2. The van der Waals surface area contributed by atoms with E-state index in [1.807, 2.05) is 0 Å². The molecule has 2 aromatic carbocycles. The van der Waals surface area contributed by atoms with E-state index in [0.717, 1.165) is 4.90 Å². The van der Waals surface area contributed by atoms with Gasteiger partial charge in [-0.05, 0) is 12.1 Å². The van der Waals surface area contributed by atoms with Crippen molar-refractivity contribution in [3.05, 3.63) is 69.2 Å². The molecule has 26 heavy (non-hydrogen) atoms. The number of halogens is 1. The van der Waals surface area contributed by atoms with E-state index in [-0.39, 0.29) is 17.1 Å². The molecule has 0 N–H and O–H groups in total. The van der Waals surface area contributed by atoms with Gasteiger partial charge in [0.05, 0.1) is 10.6 Å². The molecule has 1 saturated heterocycles. The van der Waals surface area contributed by atoms with E-state index in [1.54, 1.807) is 24.3 Å². The van der Waals surface area contributed by atoms with Crippen LogP contribution in [0.2, 0.25) is 5.02 Å². The molecule has 0 spiro atoms. The number of rotatable bonds is 3. The Bertz CT molecular complexity index is 990. The number of carbonyl (C=O) groups is 2. The summed E-state index contributed by atoms with van der Waals surface area (Å²) < 4.78 is 0. The van der Waals surface area contributed by atoms with Gasteiger partial charge in [-0.2, -0.15) is 0 Å². The van der Waals surface area contributed by atoms with Gasteiger partial charge in [-0.3, -0.25) is 19.7 Å². The first-order chi connectivity index (χ1) is 12.5. The zero-order valence-electron chi connectivity index (χ0n) is 13.0. The van der Waals surface area contributed by atoms with Crippen LogP contribution in [0.5, 0.6) is 0 Å². The van der Waals surface area contributed by atoms with Crippen molar-refractivity contribution in [1.29, 1.82) is 0 Å². The molecule has 2 heterocycles. The van der Waals surface area contributed by atoms with Crippen LogP contribution in [-0.2, 0) is 14.4 Å². The maximum atomic E-state index is 12.9. The van der Waals surface area contributed by atoms with Gasteiger partial charge < -0.3 is 4.84 Å². The van der Waals surface area contributed by atoms with E-state index in [1.165, 1.54) is 24.3 Å². The second-order valence-electron chi connectivity index (χ2n) is 5.75. The van der Waals surface area contributed by atoms with Crippen molar-refractivity contribution in [2.24, 2.45) is 11.1 Å². The minimum atomic E-state index is -1.10. The summed E-state index contributed by atoms with van der Waals surface area (Å²) in [5.74, 6) is -2.12. The lowest BCUT2D eigenvalue weighted by atomic mass is 9.94. The molecule has 2 atom stereocenters. The highest BCUT2D eigenvalue weighted by Gasteiger charge is 2.56. The number of anilines is 1. The van der Waals surface area contributed by atoms with Gasteiger partial charge in [-0.1, -0.05) is 41.0 Å². The van der Waals surface area contributed by atoms with E-state index in [4.69, 9.17) is 16.4 Å². The molecule has 0 saturated carbocycles. The molecule has 2 aromatic rings. The van der Waals surface area contributed by atoms with Crippen molar-refractivity contribution in [2.45, 2.75) is 6.10 Å². The summed E-state index contributed by atoms with van der Waals surface area (Å²) in [6.45, 7) is 0. The van der Waals surface area contributed by atoms with E-state index in [2.05, 4.69) is 5.16 Å². The second kappa shape index (κ2) is 5.92. The molecular formula is C17H10ClN3O5. The molecule has 2 amide bonds. The predicted octanol–water partition coefficient (Wildman–Crippen LogP) is 2.54. The number of imide groups is 1. The van der Waals surface area contributed by atoms with Crippen molar-refractivity contribution < 1.29 is 19.3 Å². The maximum Gasteiger partial charge on any atom is 0.278 e. The fourth-order valence-electron chi connectivity index (χ4n) is 3.07. The Morgan fingerprint density at radius 1 is 1.12 bits per heavy atom. The maximum absolute atomic E-state index is 12.9. The smallest absolute Gasteiger partial charge is 0.278 e. The molecule has 0 aliphatic carbocycles. The van der Waals surface area contributed by atoms with Crippen molar-refractivity contribution in [2.75, 3.05) is 4.90 Å². The summed E-state index contributed by atoms with van der Waals surface area (Å²) in [7, 11) is 0. The molecule has 130 valence electrons. The molecule has 0 bridgehead atoms. The van der Waals surface area contributed by atoms with Crippen molar-refractivity contribution in [3.63, 3.8) is 0 Å². The van der Waals surface area contributed by atoms with Crippen LogP contribution in [0.1, 0.15) is 5.56 Å². The van der Waals surface area contributed by atoms with Gasteiger partial charge in [-0.25, -0.2) is 4.90 Å². The van der Waals surface area contributed by atoms with Crippen LogP contribution < -0.4 is 4.90 Å². The van der Waals surface area contributed by atoms with Gasteiger partial charge in [-0.15, -0.1) is 0 Å². The summed E-state index contributed by atoms with van der Waals surface area (Å²) >= 11 is 6.17. The molecule has 2 aliphatic heterocycles. The average Bonchev–Trinajstić information content (AvgIpc) is 3.16.